The zero-order valence-corrected chi connectivity index (χ0v) is 19.5. The molecule has 0 bridgehead atoms. The van der Waals surface area contributed by atoms with Crippen molar-refractivity contribution in [1.29, 1.82) is 0 Å². The van der Waals surface area contributed by atoms with Gasteiger partial charge in [0.1, 0.15) is 17.3 Å². The van der Waals surface area contributed by atoms with Gasteiger partial charge in [-0.1, -0.05) is 11.6 Å². The van der Waals surface area contributed by atoms with E-state index in [1.807, 2.05) is 22.7 Å². The number of carbonyl (C=O) groups excluding carboxylic acids is 1. The highest BCUT2D eigenvalue weighted by Gasteiger charge is 2.25. The Hall–Kier alpha value is -3.72. The molecule has 0 spiro atoms. The predicted octanol–water partition coefficient (Wildman–Crippen LogP) is 4.65. The topological polar surface area (TPSA) is 71.3 Å². The van der Waals surface area contributed by atoms with Gasteiger partial charge in [-0.2, -0.15) is 0 Å². The number of urea groups is 1. The van der Waals surface area contributed by atoms with Crippen molar-refractivity contribution >= 4 is 45.7 Å². The summed E-state index contributed by atoms with van der Waals surface area (Å²) < 4.78 is 26.4. The molecule has 2 aromatic carbocycles. The smallest absolute Gasteiger partial charge is 0.322 e. The molecule has 0 radical (unpaired) electrons. The fourth-order valence-corrected chi connectivity index (χ4v) is 4.48. The van der Waals surface area contributed by atoms with E-state index in [1.165, 1.54) is 26.4 Å². The number of halogens is 2. The molecule has 8 nitrogen and oxygen atoms in total. The van der Waals surface area contributed by atoms with Crippen molar-refractivity contribution in [3.8, 4) is 11.5 Å². The molecule has 10 heteroatoms. The van der Waals surface area contributed by atoms with Gasteiger partial charge in [-0.05, 0) is 30.3 Å². The molecule has 1 aliphatic heterocycles. The molecule has 1 saturated heterocycles. The summed E-state index contributed by atoms with van der Waals surface area (Å²) in [5, 5.41) is 3.25. The number of aromatic nitrogens is 2. The van der Waals surface area contributed by atoms with Crippen molar-refractivity contribution in [2.45, 2.75) is 0 Å². The third kappa shape index (κ3) is 3.92. The second kappa shape index (κ2) is 8.90. The molecule has 2 aromatic heterocycles. The number of ether oxygens (including phenoxy) is 2. The summed E-state index contributed by atoms with van der Waals surface area (Å²) in [6.07, 6.45) is 1.94. The Morgan fingerprint density at radius 2 is 1.79 bits per heavy atom. The van der Waals surface area contributed by atoms with E-state index in [4.69, 9.17) is 26.1 Å². The molecule has 0 unspecified atom stereocenters. The summed E-state index contributed by atoms with van der Waals surface area (Å²) in [4.78, 5) is 21.5. The molecule has 1 fully saturated rings. The number of carbonyl (C=O) groups is 1. The quantitative estimate of drug-likeness (QED) is 0.457. The molecule has 0 atom stereocenters. The first-order valence-corrected chi connectivity index (χ1v) is 11.1. The third-order valence-electron chi connectivity index (χ3n) is 5.98. The van der Waals surface area contributed by atoms with Gasteiger partial charge in [0.15, 0.2) is 5.82 Å². The lowest BCUT2D eigenvalue weighted by atomic mass is 10.2. The molecule has 4 aromatic rings. The average Bonchev–Trinajstić information content (AvgIpc) is 3.34. The Labute approximate surface area is 200 Å². The van der Waals surface area contributed by atoms with Crippen LogP contribution in [0.2, 0.25) is 5.02 Å². The maximum absolute atomic E-state index is 13.8. The van der Waals surface area contributed by atoms with E-state index in [1.54, 1.807) is 23.1 Å². The normalized spacial score (nSPS) is 14.0. The maximum Gasteiger partial charge on any atom is 0.322 e. The summed E-state index contributed by atoms with van der Waals surface area (Å²) in [5.41, 5.74) is 2.83. The van der Waals surface area contributed by atoms with Crippen molar-refractivity contribution in [3.05, 3.63) is 59.5 Å². The second-order valence-electron chi connectivity index (χ2n) is 7.92. The van der Waals surface area contributed by atoms with Gasteiger partial charge in [0.25, 0.3) is 0 Å². The third-order valence-corrected chi connectivity index (χ3v) is 6.28. The van der Waals surface area contributed by atoms with Crippen molar-refractivity contribution in [2.75, 3.05) is 50.6 Å². The number of hydrogen-bond donors (Lipinski definition) is 1. The minimum Gasteiger partial charge on any atom is -0.495 e. The van der Waals surface area contributed by atoms with Gasteiger partial charge in [0, 0.05) is 44.5 Å². The largest absolute Gasteiger partial charge is 0.495 e. The Morgan fingerprint density at radius 1 is 1.03 bits per heavy atom. The molecule has 1 aliphatic rings. The van der Waals surface area contributed by atoms with Crippen LogP contribution >= 0.6 is 11.6 Å². The Bertz CT molecular complexity index is 1380. The highest BCUT2D eigenvalue weighted by Crippen LogP contribution is 2.36. The number of nitrogens with one attached hydrogen (secondary N) is 1. The van der Waals surface area contributed by atoms with E-state index in [0.29, 0.717) is 53.9 Å². The molecule has 3 heterocycles. The number of hydrogen-bond acceptors (Lipinski definition) is 5. The first-order chi connectivity index (χ1) is 16.5. The lowest BCUT2D eigenvalue weighted by Crippen LogP contribution is -2.50. The van der Waals surface area contributed by atoms with Crippen molar-refractivity contribution in [1.82, 2.24) is 14.3 Å². The number of anilines is 2. The first-order valence-electron chi connectivity index (χ1n) is 10.8. The summed E-state index contributed by atoms with van der Waals surface area (Å²) in [7, 11) is 3.03. The minimum atomic E-state index is -0.326. The van der Waals surface area contributed by atoms with E-state index in [-0.39, 0.29) is 11.8 Å². The molecule has 2 amide bonds. The molecule has 0 saturated carbocycles. The zero-order valence-electron chi connectivity index (χ0n) is 18.7. The van der Waals surface area contributed by atoms with Crippen LogP contribution < -0.4 is 19.7 Å². The number of piperazine rings is 1. The van der Waals surface area contributed by atoms with Crippen LogP contribution in [0.15, 0.2) is 48.7 Å². The number of amides is 2. The van der Waals surface area contributed by atoms with E-state index in [0.717, 1.165) is 16.9 Å². The molecule has 0 aliphatic carbocycles. The Kier molecular flexibility index (Phi) is 5.79. The van der Waals surface area contributed by atoms with Crippen LogP contribution in [0.5, 0.6) is 11.5 Å². The predicted molar refractivity (Wildman–Crippen MR) is 130 cm³/mol. The van der Waals surface area contributed by atoms with E-state index in [2.05, 4.69) is 10.2 Å². The number of fused-ring (bicyclic) bond motifs is 3. The van der Waals surface area contributed by atoms with E-state index >= 15 is 0 Å². The van der Waals surface area contributed by atoms with E-state index in [9.17, 15) is 9.18 Å². The zero-order chi connectivity index (χ0) is 23.8. The SMILES string of the molecule is COc1cc(OC)c(NC(=O)N2CCN(c3nc4cc(F)ccc4n4cccc34)CC2)cc1Cl. The van der Waals surface area contributed by atoms with Crippen LogP contribution in [0.4, 0.5) is 20.7 Å². The summed E-state index contributed by atoms with van der Waals surface area (Å²) >= 11 is 6.22. The fourth-order valence-electron chi connectivity index (χ4n) is 4.24. The van der Waals surface area contributed by atoms with E-state index < -0.39 is 0 Å². The average molecular weight is 484 g/mol. The van der Waals surface area contributed by atoms with Crippen LogP contribution in [-0.4, -0.2) is 60.7 Å². The standard InChI is InChI=1S/C24H23ClFN5O3/c1-33-21-14-22(34-2)18(13-16(21)25)28-24(32)30-10-8-29(9-11-30)23-20-4-3-7-31(20)19-6-5-15(26)12-17(19)27-23/h3-7,12-14H,8-11H2,1-2H3,(H,28,32). The Morgan fingerprint density at radius 3 is 2.53 bits per heavy atom. The number of nitrogens with zero attached hydrogens (tertiary/aromatic N) is 4. The number of benzene rings is 2. The molecule has 5 rings (SSSR count). The van der Waals surface area contributed by atoms with Crippen LogP contribution in [0.1, 0.15) is 0 Å². The van der Waals surface area contributed by atoms with Gasteiger partial charge in [0.05, 0.1) is 41.5 Å². The van der Waals surface area contributed by atoms with Gasteiger partial charge in [-0.15, -0.1) is 0 Å². The molecule has 1 N–H and O–H groups in total. The first kappa shape index (κ1) is 22.1. The summed E-state index contributed by atoms with van der Waals surface area (Å²) in [6, 6.07) is 11.5. The van der Waals surface area contributed by atoms with Crippen LogP contribution in [0.25, 0.3) is 16.6 Å². The monoisotopic (exact) mass is 483 g/mol. The second-order valence-corrected chi connectivity index (χ2v) is 8.33. The Balaban J connectivity index is 1.33. The lowest BCUT2D eigenvalue weighted by Gasteiger charge is -2.35. The molecule has 34 heavy (non-hydrogen) atoms. The molecule has 176 valence electrons. The van der Waals surface area contributed by atoms with Crippen LogP contribution in [0, 0.1) is 5.82 Å². The summed E-state index contributed by atoms with van der Waals surface area (Å²) in [6.45, 7) is 2.16. The van der Waals surface area contributed by atoms with Crippen LogP contribution in [-0.2, 0) is 0 Å². The van der Waals surface area contributed by atoms with Gasteiger partial charge in [-0.25, -0.2) is 14.2 Å². The van der Waals surface area contributed by atoms with Gasteiger partial charge in [0.2, 0.25) is 0 Å². The van der Waals surface area contributed by atoms with Gasteiger partial charge in [-0.3, -0.25) is 0 Å². The van der Waals surface area contributed by atoms with Crippen molar-refractivity contribution in [3.63, 3.8) is 0 Å². The minimum absolute atomic E-state index is 0.249. The van der Waals surface area contributed by atoms with Crippen LogP contribution in [0.3, 0.4) is 0 Å². The summed E-state index contributed by atoms with van der Waals surface area (Å²) in [5.74, 6) is 1.36. The lowest BCUT2D eigenvalue weighted by molar-refractivity contribution is 0.208. The molecular weight excluding hydrogens is 461 g/mol. The fraction of sp³-hybridized carbons (Fsp3) is 0.250. The highest BCUT2D eigenvalue weighted by molar-refractivity contribution is 6.32. The maximum atomic E-state index is 13.8. The van der Waals surface area contributed by atoms with Crippen molar-refractivity contribution in [2.24, 2.45) is 0 Å². The van der Waals surface area contributed by atoms with Gasteiger partial charge < -0.3 is 29.0 Å². The van der Waals surface area contributed by atoms with Crippen molar-refractivity contribution < 1.29 is 18.7 Å². The highest BCUT2D eigenvalue weighted by atomic mass is 35.5. The molecular formula is C24H23ClFN5O3. The number of rotatable bonds is 4. The van der Waals surface area contributed by atoms with Gasteiger partial charge >= 0.3 is 6.03 Å². The number of methoxy groups -OCH3 is 2.